The maximum Gasteiger partial charge on any atom is 0.258 e. The van der Waals surface area contributed by atoms with Crippen molar-refractivity contribution < 1.29 is 9.53 Å². The number of aryl methyl sites for hydroxylation is 3. The Balaban J connectivity index is 1.90. The number of carbonyl (C=O) groups is 1. The van der Waals surface area contributed by atoms with Crippen molar-refractivity contribution in [2.24, 2.45) is 4.99 Å². The molecule has 1 amide bonds. The van der Waals surface area contributed by atoms with Gasteiger partial charge in [-0.2, -0.15) is 5.10 Å². The van der Waals surface area contributed by atoms with Crippen LogP contribution in [0.3, 0.4) is 0 Å². The molecule has 8 heteroatoms. The van der Waals surface area contributed by atoms with E-state index in [9.17, 15) is 4.79 Å². The zero-order valence-electron chi connectivity index (χ0n) is 18.8. The quantitative estimate of drug-likeness (QED) is 0.391. The third kappa shape index (κ3) is 5.88. The Morgan fingerprint density at radius 2 is 2.00 bits per heavy atom. The van der Waals surface area contributed by atoms with Crippen LogP contribution >= 0.6 is 11.6 Å². The number of hydrogen-bond donors (Lipinski definition) is 2. The highest BCUT2D eigenvalue weighted by Gasteiger charge is 2.14. The molecule has 0 aliphatic rings. The number of amides is 1. The van der Waals surface area contributed by atoms with Gasteiger partial charge in [-0.15, -0.1) is 0 Å². The predicted molar refractivity (Wildman–Crippen MR) is 129 cm³/mol. The molecule has 7 nitrogen and oxygen atoms in total. The second-order valence-corrected chi connectivity index (χ2v) is 7.84. The predicted octanol–water partition coefficient (Wildman–Crippen LogP) is 4.97. The minimum Gasteiger partial charge on any atom is -0.495 e. The monoisotopic (exact) mass is 453 g/mol. The number of halogens is 1. The van der Waals surface area contributed by atoms with E-state index >= 15 is 0 Å². The minimum atomic E-state index is -0.256. The van der Waals surface area contributed by atoms with Crippen LogP contribution in [-0.4, -0.2) is 28.8 Å². The van der Waals surface area contributed by atoms with Crippen molar-refractivity contribution in [1.82, 2.24) is 15.1 Å². The summed E-state index contributed by atoms with van der Waals surface area (Å²) in [5.74, 6) is 0.620. The van der Waals surface area contributed by atoms with Crippen LogP contribution in [-0.2, 0) is 13.1 Å². The van der Waals surface area contributed by atoms with E-state index in [1.807, 2.05) is 42.9 Å². The minimum absolute atomic E-state index is 0.256. The summed E-state index contributed by atoms with van der Waals surface area (Å²) in [6.45, 7) is 7.16. The molecule has 1 heterocycles. The fourth-order valence-corrected chi connectivity index (χ4v) is 3.41. The lowest BCUT2D eigenvalue weighted by atomic mass is 10.1. The lowest BCUT2D eigenvalue weighted by Gasteiger charge is -2.15. The van der Waals surface area contributed by atoms with Crippen LogP contribution < -0.4 is 15.4 Å². The Morgan fingerprint density at radius 3 is 2.72 bits per heavy atom. The molecule has 2 N–H and O–H groups in total. The number of rotatable bonds is 7. The van der Waals surface area contributed by atoms with E-state index in [0.29, 0.717) is 34.5 Å². The molecule has 0 aliphatic heterocycles. The maximum atomic E-state index is 12.9. The highest BCUT2D eigenvalue weighted by atomic mass is 35.5. The number of guanidine groups is 1. The van der Waals surface area contributed by atoms with Gasteiger partial charge in [0.05, 0.1) is 25.0 Å². The van der Waals surface area contributed by atoms with Gasteiger partial charge in [-0.05, 0) is 50.1 Å². The summed E-state index contributed by atoms with van der Waals surface area (Å²) in [6.07, 6.45) is 2.99. The molecular weight excluding hydrogens is 426 g/mol. The van der Waals surface area contributed by atoms with Gasteiger partial charge in [0, 0.05) is 28.9 Å². The molecule has 0 unspecified atom stereocenters. The van der Waals surface area contributed by atoms with Gasteiger partial charge < -0.3 is 10.1 Å². The standard InChI is InChI=1S/C24H28ClN5O2/c1-5-12-30-15-18(17(3)29-30)14-26-24(27-21-13-19(25)10-11-22(21)32-4)28-23(31)20-9-7-6-8-16(20)2/h6-11,13,15H,5,12,14H2,1-4H3,(H2,26,27,28,31). The largest absolute Gasteiger partial charge is 0.495 e. The number of nitrogens with zero attached hydrogens (tertiary/aromatic N) is 3. The average molecular weight is 454 g/mol. The second kappa shape index (κ2) is 10.8. The number of hydrogen-bond acceptors (Lipinski definition) is 4. The van der Waals surface area contributed by atoms with Crippen molar-refractivity contribution in [2.75, 3.05) is 12.4 Å². The molecular formula is C24H28ClN5O2. The molecule has 32 heavy (non-hydrogen) atoms. The first-order valence-electron chi connectivity index (χ1n) is 10.5. The molecule has 3 rings (SSSR count). The number of aromatic nitrogens is 2. The van der Waals surface area contributed by atoms with Crippen molar-refractivity contribution in [3.8, 4) is 5.75 Å². The van der Waals surface area contributed by atoms with Crippen molar-refractivity contribution >= 4 is 29.2 Å². The summed E-state index contributed by atoms with van der Waals surface area (Å²) < 4.78 is 7.34. The molecule has 0 fully saturated rings. The highest BCUT2D eigenvalue weighted by molar-refractivity contribution is 6.31. The van der Waals surface area contributed by atoms with Crippen molar-refractivity contribution in [3.05, 3.63) is 76.1 Å². The smallest absolute Gasteiger partial charge is 0.258 e. The third-order valence-electron chi connectivity index (χ3n) is 4.94. The van der Waals surface area contributed by atoms with E-state index in [0.717, 1.165) is 29.8 Å². The molecule has 168 valence electrons. The molecule has 0 saturated heterocycles. The number of anilines is 1. The van der Waals surface area contributed by atoms with Gasteiger partial charge in [-0.25, -0.2) is 4.99 Å². The van der Waals surface area contributed by atoms with Crippen LogP contribution in [0.15, 0.2) is 53.7 Å². The van der Waals surface area contributed by atoms with Gasteiger partial charge in [0.2, 0.25) is 5.96 Å². The highest BCUT2D eigenvalue weighted by Crippen LogP contribution is 2.27. The number of carbonyl (C=O) groups excluding carboxylic acids is 1. The Morgan fingerprint density at radius 1 is 1.22 bits per heavy atom. The number of ether oxygens (including phenoxy) is 1. The Bertz CT molecular complexity index is 1120. The molecule has 0 aliphatic carbocycles. The first-order valence-corrected chi connectivity index (χ1v) is 10.8. The summed E-state index contributed by atoms with van der Waals surface area (Å²) in [6, 6.07) is 12.6. The van der Waals surface area contributed by atoms with Crippen molar-refractivity contribution in [1.29, 1.82) is 0 Å². The lowest BCUT2D eigenvalue weighted by Crippen LogP contribution is -2.36. The number of benzene rings is 2. The molecule has 3 aromatic rings. The zero-order valence-corrected chi connectivity index (χ0v) is 19.5. The van der Waals surface area contributed by atoms with Crippen LogP contribution in [0.25, 0.3) is 0 Å². The van der Waals surface area contributed by atoms with Gasteiger partial charge in [0.1, 0.15) is 5.75 Å². The van der Waals surface area contributed by atoms with Gasteiger partial charge in [0.15, 0.2) is 0 Å². The number of methoxy groups -OCH3 is 1. The van der Waals surface area contributed by atoms with Gasteiger partial charge in [-0.3, -0.25) is 14.8 Å². The molecule has 0 bridgehead atoms. The van der Waals surface area contributed by atoms with Gasteiger partial charge >= 0.3 is 0 Å². The van der Waals surface area contributed by atoms with Crippen LogP contribution in [0, 0.1) is 13.8 Å². The van der Waals surface area contributed by atoms with E-state index in [1.54, 1.807) is 31.4 Å². The maximum absolute atomic E-state index is 12.9. The first kappa shape index (κ1) is 23.3. The zero-order chi connectivity index (χ0) is 23.1. The summed E-state index contributed by atoms with van der Waals surface area (Å²) in [4.78, 5) is 17.6. The lowest BCUT2D eigenvalue weighted by molar-refractivity contribution is 0.0976. The van der Waals surface area contributed by atoms with Crippen LogP contribution in [0.2, 0.25) is 5.02 Å². The summed E-state index contributed by atoms with van der Waals surface area (Å²) >= 11 is 6.17. The normalized spacial score (nSPS) is 11.3. The van der Waals surface area contributed by atoms with E-state index in [1.165, 1.54) is 0 Å². The Hall–Kier alpha value is -3.32. The molecule has 0 atom stereocenters. The Kier molecular flexibility index (Phi) is 7.89. The van der Waals surface area contributed by atoms with Crippen LogP contribution in [0.5, 0.6) is 5.75 Å². The SMILES string of the molecule is CCCn1cc(CN=C(NC(=O)c2ccccc2C)Nc2cc(Cl)ccc2OC)c(C)n1. The summed E-state index contributed by atoms with van der Waals surface area (Å²) in [7, 11) is 1.57. The number of nitrogens with one attached hydrogen (secondary N) is 2. The fourth-order valence-electron chi connectivity index (χ4n) is 3.24. The van der Waals surface area contributed by atoms with Crippen LogP contribution in [0.4, 0.5) is 5.69 Å². The fraction of sp³-hybridized carbons (Fsp3) is 0.292. The van der Waals surface area contributed by atoms with E-state index in [2.05, 4.69) is 27.6 Å². The second-order valence-electron chi connectivity index (χ2n) is 7.41. The van der Waals surface area contributed by atoms with Gasteiger partial charge in [-0.1, -0.05) is 36.7 Å². The molecule has 0 spiro atoms. The van der Waals surface area contributed by atoms with Crippen LogP contribution in [0.1, 0.15) is 40.5 Å². The van der Waals surface area contributed by atoms with E-state index in [4.69, 9.17) is 16.3 Å². The van der Waals surface area contributed by atoms with Crippen molar-refractivity contribution in [2.45, 2.75) is 40.3 Å². The number of aliphatic imine (C=N–C) groups is 1. The molecule has 2 aromatic carbocycles. The molecule has 0 saturated carbocycles. The van der Waals surface area contributed by atoms with E-state index in [-0.39, 0.29) is 5.91 Å². The summed E-state index contributed by atoms with van der Waals surface area (Å²) in [5, 5.41) is 11.1. The summed E-state index contributed by atoms with van der Waals surface area (Å²) in [5.41, 5.74) is 3.95. The van der Waals surface area contributed by atoms with Crippen molar-refractivity contribution in [3.63, 3.8) is 0 Å². The third-order valence-corrected chi connectivity index (χ3v) is 5.18. The Labute approximate surface area is 193 Å². The topological polar surface area (TPSA) is 80.5 Å². The van der Waals surface area contributed by atoms with Gasteiger partial charge in [0.25, 0.3) is 5.91 Å². The first-order chi connectivity index (χ1) is 15.4. The molecule has 1 aromatic heterocycles. The average Bonchev–Trinajstić information content (AvgIpc) is 3.11. The molecule has 0 radical (unpaired) electrons. The van der Waals surface area contributed by atoms with E-state index < -0.39 is 0 Å².